The van der Waals surface area contributed by atoms with Crippen LogP contribution in [0.2, 0.25) is 5.02 Å². The molecule has 1 amide bonds. The molecule has 0 radical (unpaired) electrons. The average molecular weight is 409 g/mol. The van der Waals surface area contributed by atoms with Gasteiger partial charge in [0, 0.05) is 35.9 Å². The van der Waals surface area contributed by atoms with Gasteiger partial charge < -0.3 is 9.84 Å². The van der Waals surface area contributed by atoms with Gasteiger partial charge in [-0.25, -0.2) is 9.97 Å². The fourth-order valence-electron chi connectivity index (χ4n) is 2.65. The van der Waals surface area contributed by atoms with E-state index in [1.165, 1.54) is 6.33 Å². The lowest BCUT2D eigenvalue weighted by Gasteiger charge is -2.04. The van der Waals surface area contributed by atoms with Gasteiger partial charge in [0.15, 0.2) is 5.82 Å². The topological polar surface area (TPSA) is 98.7 Å². The lowest BCUT2D eigenvalue weighted by molar-refractivity contribution is 0.0946. The monoisotopic (exact) mass is 408 g/mol. The Balaban J connectivity index is 1.47. The molecule has 4 rings (SSSR count). The molecule has 0 unspecified atom stereocenters. The number of benzene rings is 1. The highest BCUT2D eigenvalue weighted by Gasteiger charge is 2.13. The third kappa shape index (κ3) is 4.33. The quantitative estimate of drug-likeness (QED) is 0.524. The molecule has 8 nitrogen and oxygen atoms in total. The number of carbonyl (C=O) groups is 1. The predicted molar refractivity (Wildman–Crippen MR) is 107 cm³/mol. The molecule has 146 valence electrons. The fourth-order valence-corrected chi connectivity index (χ4v) is 2.77. The Bertz CT molecular complexity index is 1140. The zero-order valence-corrected chi connectivity index (χ0v) is 16.3. The molecule has 0 aliphatic carbocycles. The number of aryl methyl sites for hydroxylation is 1. The number of halogens is 1. The van der Waals surface area contributed by atoms with Crippen LogP contribution in [0.15, 0.2) is 59.6 Å². The van der Waals surface area contributed by atoms with E-state index < -0.39 is 0 Å². The van der Waals surface area contributed by atoms with Gasteiger partial charge in [0.25, 0.3) is 11.8 Å². The lowest BCUT2D eigenvalue weighted by atomic mass is 10.2. The smallest absolute Gasteiger partial charge is 0.271 e. The van der Waals surface area contributed by atoms with Gasteiger partial charge in [-0.05, 0) is 29.8 Å². The maximum atomic E-state index is 12.4. The highest BCUT2D eigenvalue weighted by molar-refractivity contribution is 6.30. The van der Waals surface area contributed by atoms with E-state index in [9.17, 15) is 4.79 Å². The first kappa shape index (κ1) is 18.8. The number of pyridine rings is 1. The number of aromatic nitrogens is 5. The largest absolute Gasteiger partial charge is 0.347 e. The van der Waals surface area contributed by atoms with Crippen LogP contribution < -0.4 is 5.32 Å². The van der Waals surface area contributed by atoms with Crippen LogP contribution >= 0.6 is 11.6 Å². The van der Waals surface area contributed by atoms with Crippen LogP contribution in [0.1, 0.15) is 28.8 Å². The lowest BCUT2D eigenvalue weighted by Crippen LogP contribution is -2.23. The Morgan fingerprint density at radius 3 is 2.79 bits per heavy atom. The van der Waals surface area contributed by atoms with Crippen LogP contribution in [0.5, 0.6) is 0 Å². The van der Waals surface area contributed by atoms with Crippen molar-refractivity contribution in [3.8, 4) is 17.3 Å². The van der Waals surface area contributed by atoms with E-state index >= 15 is 0 Å². The highest BCUT2D eigenvalue weighted by Crippen LogP contribution is 2.19. The zero-order valence-electron chi connectivity index (χ0n) is 15.5. The summed E-state index contributed by atoms with van der Waals surface area (Å²) in [6.45, 7) is 2.34. The molecule has 4 aromatic rings. The molecular weight excluding hydrogens is 392 g/mol. The van der Waals surface area contributed by atoms with Crippen molar-refractivity contribution < 1.29 is 9.32 Å². The normalized spacial score (nSPS) is 10.8. The molecule has 0 aliphatic rings. The molecule has 1 aromatic carbocycles. The van der Waals surface area contributed by atoms with E-state index in [1.807, 2.05) is 19.1 Å². The minimum absolute atomic E-state index is 0.278. The molecule has 0 spiro atoms. The number of nitrogens with one attached hydrogen (secondary N) is 1. The summed E-state index contributed by atoms with van der Waals surface area (Å²) in [7, 11) is 0. The van der Waals surface area contributed by atoms with Gasteiger partial charge in [0.2, 0.25) is 0 Å². The Hall–Kier alpha value is -3.52. The molecule has 0 saturated carbocycles. The number of imidazole rings is 1. The molecule has 9 heteroatoms. The van der Waals surface area contributed by atoms with Crippen molar-refractivity contribution in [2.75, 3.05) is 0 Å². The van der Waals surface area contributed by atoms with Crippen LogP contribution in [0.25, 0.3) is 17.3 Å². The molecule has 3 heterocycles. The van der Waals surface area contributed by atoms with E-state index in [4.69, 9.17) is 16.1 Å². The third-order valence-corrected chi connectivity index (χ3v) is 4.47. The maximum Gasteiger partial charge on any atom is 0.271 e. The van der Waals surface area contributed by atoms with Crippen LogP contribution in [-0.2, 0) is 13.0 Å². The highest BCUT2D eigenvalue weighted by atomic mass is 35.5. The number of amides is 1. The second kappa shape index (κ2) is 8.24. The second-order valence-corrected chi connectivity index (χ2v) is 6.68. The Labute approximate surface area is 171 Å². The standard InChI is InChI=1S/C20H17ClN6O2/c1-2-17-25-20(29-26-17)14-7-8-22-18(9-14)27-11-16(24-12-27)19(28)23-10-13-3-5-15(21)6-4-13/h3-9,11-12H,2,10H2,1H3,(H,23,28). The SMILES string of the molecule is CCc1noc(-c2ccnc(-n3cnc(C(=O)NCc4ccc(Cl)cc4)c3)c2)n1. The Morgan fingerprint density at radius 2 is 2.03 bits per heavy atom. The van der Waals surface area contributed by atoms with Crippen LogP contribution in [-0.4, -0.2) is 30.6 Å². The second-order valence-electron chi connectivity index (χ2n) is 6.25. The Morgan fingerprint density at radius 1 is 1.21 bits per heavy atom. The van der Waals surface area contributed by atoms with Crippen molar-refractivity contribution in [1.29, 1.82) is 0 Å². The summed E-state index contributed by atoms with van der Waals surface area (Å²) < 4.78 is 6.94. The van der Waals surface area contributed by atoms with Crippen LogP contribution in [0, 0.1) is 0 Å². The van der Waals surface area contributed by atoms with Crippen molar-refractivity contribution >= 4 is 17.5 Å². The molecule has 0 fully saturated rings. The third-order valence-electron chi connectivity index (χ3n) is 4.22. The fraction of sp³-hybridized carbons (Fsp3) is 0.150. The average Bonchev–Trinajstić information content (AvgIpc) is 3.43. The molecule has 0 bridgehead atoms. The maximum absolute atomic E-state index is 12.4. The minimum Gasteiger partial charge on any atom is -0.347 e. The summed E-state index contributed by atoms with van der Waals surface area (Å²) >= 11 is 5.87. The Kier molecular flexibility index (Phi) is 5.35. The van der Waals surface area contributed by atoms with Crippen LogP contribution in [0.3, 0.4) is 0 Å². The molecule has 3 aromatic heterocycles. The van der Waals surface area contributed by atoms with Gasteiger partial charge in [0.1, 0.15) is 17.8 Å². The molecular formula is C20H17ClN6O2. The molecule has 29 heavy (non-hydrogen) atoms. The summed E-state index contributed by atoms with van der Waals surface area (Å²) in [5.74, 6) is 1.37. The first-order valence-corrected chi connectivity index (χ1v) is 9.36. The summed E-state index contributed by atoms with van der Waals surface area (Å²) in [5, 5.41) is 7.39. The minimum atomic E-state index is -0.278. The number of hydrogen-bond donors (Lipinski definition) is 1. The van der Waals surface area contributed by atoms with E-state index in [0.717, 1.165) is 11.1 Å². The van der Waals surface area contributed by atoms with Crippen molar-refractivity contribution in [2.45, 2.75) is 19.9 Å². The molecule has 1 N–H and O–H groups in total. The van der Waals surface area contributed by atoms with Gasteiger partial charge in [-0.2, -0.15) is 4.98 Å². The van der Waals surface area contributed by atoms with Crippen molar-refractivity contribution in [1.82, 2.24) is 30.0 Å². The molecule has 0 saturated heterocycles. The summed E-state index contributed by atoms with van der Waals surface area (Å²) in [6.07, 6.45) is 5.49. The zero-order chi connectivity index (χ0) is 20.2. The van der Waals surface area contributed by atoms with Gasteiger partial charge in [-0.1, -0.05) is 35.8 Å². The van der Waals surface area contributed by atoms with Gasteiger partial charge in [-0.3, -0.25) is 9.36 Å². The summed E-state index contributed by atoms with van der Waals surface area (Å²) in [4.78, 5) is 25.2. The predicted octanol–water partition coefficient (Wildman–Crippen LogP) is 3.46. The first-order valence-electron chi connectivity index (χ1n) is 8.98. The van der Waals surface area contributed by atoms with E-state index in [2.05, 4.69) is 25.4 Å². The number of carbonyl (C=O) groups excluding carboxylic acids is 1. The van der Waals surface area contributed by atoms with Crippen LogP contribution in [0.4, 0.5) is 0 Å². The van der Waals surface area contributed by atoms with Gasteiger partial charge in [0.05, 0.1) is 0 Å². The number of nitrogens with zero attached hydrogens (tertiary/aromatic N) is 5. The summed E-state index contributed by atoms with van der Waals surface area (Å²) in [6, 6.07) is 10.9. The van der Waals surface area contributed by atoms with Crippen molar-refractivity contribution in [2.24, 2.45) is 0 Å². The first-order chi connectivity index (χ1) is 14.1. The van der Waals surface area contributed by atoms with Crippen molar-refractivity contribution in [3.63, 3.8) is 0 Å². The van der Waals surface area contributed by atoms with Crippen molar-refractivity contribution in [3.05, 3.63) is 77.2 Å². The van der Waals surface area contributed by atoms with Gasteiger partial charge in [-0.15, -0.1) is 0 Å². The molecule has 0 aliphatic heterocycles. The number of rotatable bonds is 6. The van der Waals surface area contributed by atoms with E-state index in [0.29, 0.717) is 35.5 Å². The van der Waals surface area contributed by atoms with E-state index in [1.54, 1.807) is 41.2 Å². The van der Waals surface area contributed by atoms with E-state index in [-0.39, 0.29) is 11.6 Å². The molecule has 0 atom stereocenters. The number of hydrogen-bond acceptors (Lipinski definition) is 6. The van der Waals surface area contributed by atoms with Gasteiger partial charge >= 0.3 is 0 Å². The summed E-state index contributed by atoms with van der Waals surface area (Å²) in [5.41, 5.74) is 1.98.